The monoisotopic (exact) mass is 279 g/mol. The Labute approximate surface area is 121 Å². The summed E-state index contributed by atoms with van der Waals surface area (Å²) in [6.07, 6.45) is 6.48. The topological polar surface area (TPSA) is 28.2 Å². The smallest absolute Gasteiger partial charge is 0.128 e. The summed E-state index contributed by atoms with van der Waals surface area (Å²) in [5.74, 6) is 1.12. The fraction of sp³-hybridized carbons (Fsp3) is 0.667. The van der Waals surface area contributed by atoms with Gasteiger partial charge in [0.05, 0.1) is 0 Å². The van der Waals surface area contributed by atoms with Crippen LogP contribution in [0.5, 0.6) is 0 Å². The summed E-state index contributed by atoms with van der Waals surface area (Å²) in [4.78, 5) is 6.81. The van der Waals surface area contributed by atoms with E-state index in [1.807, 2.05) is 24.0 Å². The van der Waals surface area contributed by atoms with Crippen LogP contribution in [0.2, 0.25) is 0 Å². The summed E-state index contributed by atoms with van der Waals surface area (Å²) >= 11 is 1.93. The van der Waals surface area contributed by atoms with Crippen molar-refractivity contribution in [3.63, 3.8) is 0 Å². The Morgan fingerprint density at radius 3 is 2.68 bits per heavy atom. The number of nitrogens with one attached hydrogen (secondary N) is 1. The Balaban J connectivity index is 1.77. The van der Waals surface area contributed by atoms with E-state index < -0.39 is 0 Å². The molecule has 0 spiro atoms. The first-order valence-corrected chi connectivity index (χ1v) is 8.28. The molecular formula is C15H25N3S. The first kappa shape index (κ1) is 14.7. The first-order valence-electron chi connectivity index (χ1n) is 7.05. The van der Waals surface area contributed by atoms with Gasteiger partial charge in [0.25, 0.3) is 0 Å². The minimum atomic E-state index is 0.331. The predicted molar refractivity (Wildman–Crippen MR) is 85.1 cm³/mol. The van der Waals surface area contributed by atoms with E-state index in [0.29, 0.717) is 10.8 Å². The molecule has 1 aromatic rings. The van der Waals surface area contributed by atoms with Gasteiger partial charge in [-0.25, -0.2) is 4.98 Å². The third-order valence-electron chi connectivity index (χ3n) is 3.84. The maximum atomic E-state index is 4.43. The van der Waals surface area contributed by atoms with Gasteiger partial charge in [-0.2, -0.15) is 11.8 Å². The molecule has 2 heterocycles. The number of thioether (sulfide) groups is 1. The predicted octanol–water partition coefficient (Wildman–Crippen LogP) is 2.78. The van der Waals surface area contributed by atoms with Crippen molar-refractivity contribution in [1.29, 1.82) is 0 Å². The summed E-state index contributed by atoms with van der Waals surface area (Å²) in [6, 6.07) is 6.80. The van der Waals surface area contributed by atoms with E-state index in [1.165, 1.54) is 12.8 Å². The number of piperidine rings is 1. The average molecular weight is 279 g/mol. The molecular weight excluding hydrogens is 254 g/mol. The molecule has 0 atom stereocenters. The molecule has 0 aliphatic carbocycles. The second kappa shape index (κ2) is 6.62. The quantitative estimate of drug-likeness (QED) is 0.897. The van der Waals surface area contributed by atoms with Crippen LogP contribution in [0.3, 0.4) is 0 Å². The molecule has 3 nitrogen and oxygen atoms in total. The summed E-state index contributed by atoms with van der Waals surface area (Å²) in [6.45, 7) is 7.90. The fourth-order valence-electron chi connectivity index (χ4n) is 2.32. The van der Waals surface area contributed by atoms with Gasteiger partial charge in [0.15, 0.2) is 0 Å². The van der Waals surface area contributed by atoms with Crippen molar-refractivity contribution < 1.29 is 0 Å². The summed E-state index contributed by atoms with van der Waals surface area (Å²) in [7, 11) is 0. The fourth-order valence-corrected chi connectivity index (χ4v) is 2.54. The van der Waals surface area contributed by atoms with Crippen LogP contribution in [0.25, 0.3) is 0 Å². The van der Waals surface area contributed by atoms with E-state index in [4.69, 9.17) is 0 Å². The lowest BCUT2D eigenvalue weighted by atomic mass is 10.0. The van der Waals surface area contributed by atoms with Crippen LogP contribution in [0.1, 0.15) is 26.7 Å². The molecule has 2 rings (SSSR count). The number of nitrogens with zero attached hydrogens (tertiary/aromatic N) is 2. The van der Waals surface area contributed by atoms with Crippen LogP contribution in [-0.2, 0) is 0 Å². The van der Waals surface area contributed by atoms with Gasteiger partial charge in [-0.05, 0) is 45.1 Å². The minimum absolute atomic E-state index is 0.331. The second-order valence-electron chi connectivity index (χ2n) is 5.79. The van der Waals surface area contributed by atoms with Crippen molar-refractivity contribution in [2.45, 2.75) is 37.5 Å². The molecule has 4 heteroatoms. The molecule has 106 valence electrons. The van der Waals surface area contributed by atoms with Crippen LogP contribution >= 0.6 is 11.8 Å². The highest BCUT2D eigenvalue weighted by atomic mass is 32.2. The molecule has 0 saturated carbocycles. The Kier molecular flexibility index (Phi) is 5.11. The van der Waals surface area contributed by atoms with E-state index in [9.17, 15) is 0 Å². The molecule has 0 bridgehead atoms. The zero-order valence-corrected chi connectivity index (χ0v) is 13.0. The Bertz CT molecular complexity index is 372. The van der Waals surface area contributed by atoms with E-state index >= 15 is 0 Å². The highest BCUT2D eigenvalue weighted by Crippen LogP contribution is 2.21. The normalized spacial score (nSPS) is 17.7. The highest BCUT2D eigenvalue weighted by molar-refractivity contribution is 7.99. The number of rotatable bonds is 5. The van der Waals surface area contributed by atoms with Gasteiger partial charge >= 0.3 is 0 Å². The maximum Gasteiger partial charge on any atom is 0.128 e. The molecule has 0 unspecified atom stereocenters. The molecule has 1 saturated heterocycles. The molecule has 0 aromatic carbocycles. The SMILES string of the molecule is CSC(C)(C)CNC1CCN(c2ccccn2)CC1. The van der Waals surface area contributed by atoms with Gasteiger partial charge in [0, 0.05) is 36.6 Å². The van der Waals surface area contributed by atoms with Crippen molar-refractivity contribution in [2.24, 2.45) is 0 Å². The van der Waals surface area contributed by atoms with Crippen molar-refractivity contribution >= 4 is 17.6 Å². The Morgan fingerprint density at radius 2 is 2.11 bits per heavy atom. The van der Waals surface area contributed by atoms with E-state index in [2.05, 4.69) is 47.4 Å². The largest absolute Gasteiger partial charge is 0.357 e. The lowest BCUT2D eigenvalue weighted by Gasteiger charge is -2.35. The van der Waals surface area contributed by atoms with E-state index in [0.717, 1.165) is 25.5 Å². The third-order valence-corrected chi connectivity index (χ3v) is 5.09. The van der Waals surface area contributed by atoms with Gasteiger partial charge in [0.2, 0.25) is 0 Å². The second-order valence-corrected chi connectivity index (χ2v) is 7.31. The average Bonchev–Trinajstić information content (AvgIpc) is 2.47. The van der Waals surface area contributed by atoms with Crippen LogP contribution in [0, 0.1) is 0 Å². The molecule has 1 aliphatic rings. The maximum absolute atomic E-state index is 4.43. The molecule has 1 N–H and O–H groups in total. The van der Waals surface area contributed by atoms with Gasteiger partial charge in [-0.1, -0.05) is 6.07 Å². The van der Waals surface area contributed by atoms with Crippen LogP contribution < -0.4 is 10.2 Å². The number of aromatic nitrogens is 1. The van der Waals surface area contributed by atoms with Crippen molar-refractivity contribution in [1.82, 2.24) is 10.3 Å². The summed E-state index contributed by atoms with van der Waals surface area (Å²) < 4.78 is 0.331. The molecule has 0 amide bonds. The summed E-state index contributed by atoms with van der Waals surface area (Å²) in [5, 5.41) is 3.72. The molecule has 0 radical (unpaired) electrons. The van der Waals surface area contributed by atoms with Gasteiger partial charge in [0.1, 0.15) is 5.82 Å². The van der Waals surface area contributed by atoms with Gasteiger partial charge in [-0.3, -0.25) is 0 Å². The molecule has 1 aliphatic heterocycles. The van der Waals surface area contributed by atoms with Crippen LogP contribution in [-0.4, -0.2) is 41.7 Å². The lowest BCUT2D eigenvalue weighted by Crippen LogP contribution is -2.46. The zero-order valence-electron chi connectivity index (χ0n) is 12.2. The first-order chi connectivity index (χ1) is 9.11. The van der Waals surface area contributed by atoms with Crippen molar-refractivity contribution in [2.75, 3.05) is 30.8 Å². The summed E-state index contributed by atoms with van der Waals surface area (Å²) in [5.41, 5.74) is 0. The third kappa shape index (κ3) is 4.39. The van der Waals surface area contributed by atoms with Gasteiger partial charge in [-0.15, -0.1) is 0 Å². The minimum Gasteiger partial charge on any atom is -0.357 e. The number of hydrogen-bond donors (Lipinski definition) is 1. The molecule has 1 aromatic heterocycles. The lowest BCUT2D eigenvalue weighted by molar-refractivity contribution is 0.401. The molecule has 19 heavy (non-hydrogen) atoms. The zero-order chi connectivity index (χ0) is 13.7. The van der Waals surface area contributed by atoms with Crippen molar-refractivity contribution in [3.05, 3.63) is 24.4 Å². The Morgan fingerprint density at radius 1 is 1.37 bits per heavy atom. The Hall–Kier alpha value is -0.740. The number of hydrogen-bond acceptors (Lipinski definition) is 4. The van der Waals surface area contributed by atoms with E-state index in [-0.39, 0.29) is 0 Å². The number of pyridine rings is 1. The standard InChI is InChI=1S/C15H25N3S/c1-15(2,19-3)12-17-13-7-10-18(11-8-13)14-6-4-5-9-16-14/h4-6,9,13,17H,7-8,10-12H2,1-3H3. The number of anilines is 1. The van der Waals surface area contributed by atoms with Crippen LogP contribution in [0.4, 0.5) is 5.82 Å². The highest BCUT2D eigenvalue weighted by Gasteiger charge is 2.22. The van der Waals surface area contributed by atoms with Gasteiger partial charge < -0.3 is 10.2 Å². The molecule has 1 fully saturated rings. The van der Waals surface area contributed by atoms with Crippen molar-refractivity contribution in [3.8, 4) is 0 Å². The van der Waals surface area contributed by atoms with Crippen LogP contribution in [0.15, 0.2) is 24.4 Å². The van der Waals surface area contributed by atoms with E-state index in [1.54, 1.807) is 0 Å².